The van der Waals surface area contributed by atoms with Gasteiger partial charge in [0, 0.05) is 6.54 Å². The monoisotopic (exact) mass is 217 g/mol. The van der Waals surface area contributed by atoms with Crippen LogP contribution < -0.4 is 0 Å². The Hall–Kier alpha value is -0.820. The molecule has 2 rings (SSSR count). The second kappa shape index (κ2) is 5.49. The van der Waals surface area contributed by atoms with E-state index < -0.39 is 0 Å². The van der Waals surface area contributed by atoms with Gasteiger partial charge in [-0.1, -0.05) is 38.1 Å². The number of hydrogen-bond donors (Lipinski definition) is 0. The van der Waals surface area contributed by atoms with Crippen molar-refractivity contribution in [2.45, 2.75) is 45.6 Å². The number of hydrogen-bond acceptors (Lipinski definition) is 1. The molecule has 0 aromatic heterocycles. The largest absolute Gasteiger partial charge is 0.299 e. The maximum atomic E-state index is 2.52. The summed E-state index contributed by atoms with van der Waals surface area (Å²) in [6, 6.07) is 9.19. The van der Waals surface area contributed by atoms with E-state index in [0.717, 1.165) is 19.0 Å². The molecule has 1 heteroatoms. The highest BCUT2D eigenvalue weighted by atomic mass is 15.1. The summed E-state index contributed by atoms with van der Waals surface area (Å²) >= 11 is 0. The molecule has 0 N–H and O–H groups in total. The fraction of sp³-hybridized carbons (Fsp3) is 0.600. The molecule has 16 heavy (non-hydrogen) atoms. The molecular formula is C15H23N. The molecule has 1 saturated carbocycles. The van der Waals surface area contributed by atoms with Gasteiger partial charge >= 0.3 is 0 Å². The molecule has 88 valence electrons. The summed E-state index contributed by atoms with van der Waals surface area (Å²) in [5, 5.41) is 0. The SMILES string of the molecule is CCCN(CC)Cc1cccc(C2CC2)c1. The van der Waals surface area contributed by atoms with E-state index in [1.165, 1.54) is 31.4 Å². The van der Waals surface area contributed by atoms with Crippen LogP contribution in [-0.4, -0.2) is 18.0 Å². The molecule has 1 aliphatic rings. The van der Waals surface area contributed by atoms with Crippen LogP contribution in [0, 0.1) is 0 Å². The first-order valence-corrected chi connectivity index (χ1v) is 6.64. The molecule has 0 atom stereocenters. The van der Waals surface area contributed by atoms with Gasteiger partial charge in [0.1, 0.15) is 0 Å². The molecule has 0 bridgehead atoms. The predicted molar refractivity (Wildman–Crippen MR) is 69.7 cm³/mol. The van der Waals surface area contributed by atoms with Crippen molar-refractivity contribution in [3.63, 3.8) is 0 Å². The van der Waals surface area contributed by atoms with E-state index in [4.69, 9.17) is 0 Å². The molecule has 0 unspecified atom stereocenters. The van der Waals surface area contributed by atoms with Crippen LogP contribution in [0.4, 0.5) is 0 Å². The second-order valence-electron chi connectivity index (χ2n) is 4.89. The number of nitrogens with zero attached hydrogens (tertiary/aromatic N) is 1. The van der Waals surface area contributed by atoms with Gasteiger partial charge in [0.05, 0.1) is 0 Å². The Morgan fingerprint density at radius 3 is 2.69 bits per heavy atom. The normalized spacial score (nSPS) is 15.7. The molecule has 1 nitrogen and oxygen atoms in total. The van der Waals surface area contributed by atoms with Crippen LogP contribution in [0.2, 0.25) is 0 Å². The number of benzene rings is 1. The van der Waals surface area contributed by atoms with Crippen molar-refractivity contribution in [3.8, 4) is 0 Å². The van der Waals surface area contributed by atoms with Crippen LogP contribution in [0.3, 0.4) is 0 Å². The Labute approximate surface area is 99.5 Å². The summed E-state index contributed by atoms with van der Waals surface area (Å²) in [6.07, 6.45) is 4.04. The summed E-state index contributed by atoms with van der Waals surface area (Å²) in [5.74, 6) is 0.876. The maximum Gasteiger partial charge on any atom is 0.0233 e. The van der Waals surface area contributed by atoms with Gasteiger partial charge in [0.2, 0.25) is 0 Å². The van der Waals surface area contributed by atoms with Gasteiger partial charge in [-0.05, 0) is 49.4 Å². The van der Waals surface area contributed by atoms with Crippen LogP contribution in [0.15, 0.2) is 24.3 Å². The van der Waals surface area contributed by atoms with Crippen molar-refractivity contribution in [1.29, 1.82) is 0 Å². The smallest absolute Gasteiger partial charge is 0.0233 e. The molecule has 1 fully saturated rings. The lowest BCUT2D eigenvalue weighted by Crippen LogP contribution is -2.23. The Bertz CT molecular complexity index is 328. The van der Waals surface area contributed by atoms with E-state index >= 15 is 0 Å². The van der Waals surface area contributed by atoms with E-state index in [1.807, 2.05) is 0 Å². The Morgan fingerprint density at radius 1 is 1.25 bits per heavy atom. The zero-order valence-electron chi connectivity index (χ0n) is 10.6. The number of rotatable bonds is 6. The standard InChI is InChI=1S/C15H23N/c1-3-10-16(4-2)12-13-6-5-7-15(11-13)14-8-9-14/h5-7,11,14H,3-4,8-10,12H2,1-2H3. The van der Waals surface area contributed by atoms with Gasteiger partial charge in [-0.15, -0.1) is 0 Å². The fourth-order valence-electron chi connectivity index (χ4n) is 2.29. The molecule has 0 heterocycles. The Morgan fingerprint density at radius 2 is 2.06 bits per heavy atom. The third-order valence-electron chi connectivity index (χ3n) is 3.39. The lowest BCUT2D eigenvalue weighted by molar-refractivity contribution is 0.280. The summed E-state index contributed by atoms with van der Waals surface area (Å²) in [6.45, 7) is 7.99. The van der Waals surface area contributed by atoms with Crippen molar-refractivity contribution >= 4 is 0 Å². The topological polar surface area (TPSA) is 3.24 Å². The molecular weight excluding hydrogens is 194 g/mol. The summed E-state index contributed by atoms with van der Waals surface area (Å²) in [5.41, 5.74) is 3.05. The Balaban J connectivity index is 1.99. The molecule has 0 saturated heterocycles. The van der Waals surface area contributed by atoms with Crippen LogP contribution in [0.1, 0.15) is 50.2 Å². The molecule has 0 aliphatic heterocycles. The molecule has 1 aromatic rings. The molecule has 1 aromatic carbocycles. The van der Waals surface area contributed by atoms with Crippen LogP contribution in [0.5, 0.6) is 0 Å². The van der Waals surface area contributed by atoms with Gasteiger partial charge in [0.15, 0.2) is 0 Å². The molecule has 0 radical (unpaired) electrons. The zero-order valence-corrected chi connectivity index (χ0v) is 10.6. The van der Waals surface area contributed by atoms with E-state index in [9.17, 15) is 0 Å². The van der Waals surface area contributed by atoms with Gasteiger partial charge in [-0.3, -0.25) is 4.90 Å². The van der Waals surface area contributed by atoms with Gasteiger partial charge in [-0.25, -0.2) is 0 Å². The zero-order chi connectivity index (χ0) is 11.4. The van der Waals surface area contributed by atoms with E-state index in [1.54, 1.807) is 5.56 Å². The summed E-state index contributed by atoms with van der Waals surface area (Å²) in [4.78, 5) is 2.52. The van der Waals surface area contributed by atoms with E-state index in [2.05, 4.69) is 43.0 Å². The van der Waals surface area contributed by atoms with Crippen molar-refractivity contribution in [3.05, 3.63) is 35.4 Å². The van der Waals surface area contributed by atoms with Crippen LogP contribution >= 0.6 is 0 Å². The predicted octanol–water partition coefficient (Wildman–Crippen LogP) is 3.80. The third kappa shape index (κ3) is 3.08. The highest BCUT2D eigenvalue weighted by Crippen LogP contribution is 2.40. The lowest BCUT2D eigenvalue weighted by Gasteiger charge is -2.19. The lowest BCUT2D eigenvalue weighted by atomic mass is 10.1. The minimum absolute atomic E-state index is 0.876. The van der Waals surface area contributed by atoms with Gasteiger partial charge in [0.25, 0.3) is 0 Å². The average Bonchev–Trinajstić information content (AvgIpc) is 3.13. The second-order valence-corrected chi connectivity index (χ2v) is 4.89. The maximum absolute atomic E-state index is 2.52. The first-order chi connectivity index (χ1) is 7.83. The van der Waals surface area contributed by atoms with Gasteiger partial charge in [-0.2, -0.15) is 0 Å². The molecule has 0 amide bonds. The summed E-state index contributed by atoms with van der Waals surface area (Å²) in [7, 11) is 0. The van der Waals surface area contributed by atoms with Crippen molar-refractivity contribution < 1.29 is 0 Å². The third-order valence-corrected chi connectivity index (χ3v) is 3.39. The first-order valence-electron chi connectivity index (χ1n) is 6.64. The van der Waals surface area contributed by atoms with E-state index in [-0.39, 0.29) is 0 Å². The fourth-order valence-corrected chi connectivity index (χ4v) is 2.29. The Kier molecular flexibility index (Phi) is 4.00. The quantitative estimate of drug-likeness (QED) is 0.700. The summed E-state index contributed by atoms with van der Waals surface area (Å²) < 4.78 is 0. The first kappa shape index (κ1) is 11.7. The highest BCUT2D eigenvalue weighted by molar-refractivity contribution is 5.29. The minimum Gasteiger partial charge on any atom is -0.299 e. The molecule has 0 spiro atoms. The molecule has 1 aliphatic carbocycles. The van der Waals surface area contributed by atoms with Crippen molar-refractivity contribution in [2.24, 2.45) is 0 Å². The van der Waals surface area contributed by atoms with E-state index in [0.29, 0.717) is 0 Å². The van der Waals surface area contributed by atoms with Crippen LogP contribution in [-0.2, 0) is 6.54 Å². The minimum atomic E-state index is 0.876. The van der Waals surface area contributed by atoms with Gasteiger partial charge < -0.3 is 0 Å². The highest BCUT2D eigenvalue weighted by Gasteiger charge is 2.23. The van der Waals surface area contributed by atoms with Crippen molar-refractivity contribution in [1.82, 2.24) is 4.90 Å². The van der Waals surface area contributed by atoms with Crippen LogP contribution in [0.25, 0.3) is 0 Å². The van der Waals surface area contributed by atoms with Crippen molar-refractivity contribution in [2.75, 3.05) is 13.1 Å². The average molecular weight is 217 g/mol.